The zero-order valence-corrected chi connectivity index (χ0v) is 10.5. The molecule has 0 heterocycles. The van der Waals surface area contributed by atoms with E-state index >= 15 is 0 Å². The van der Waals surface area contributed by atoms with Gasteiger partial charge in [0, 0.05) is 5.56 Å². The third kappa shape index (κ3) is 1.52. The van der Waals surface area contributed by atoms with Gasteiger partial charge in [-0.05, 0) is 48.0 Å². The second-order valence-corrected chi connectivity index (χ2v) is 4.93. The smallest absolute Gasteiger partial charge is 0.159 e. The molecule has 1 aliphatic carbocycles. The minimum atomic E-state index is -0.116. The number of hydrogen-bond acceptors (Lipinski definition) is 1. The van der Waals surface area contributed by atoms with Crippen LogP contribution in [0.5, 0.6) is 0 Å². The monoisotopic (exact) mass is 232 g/mol. The Hall–Kier alpha value is -1.83. The van der Waals surface area contributed by atoms with Gasteiger partial charge in [-0.15, -0.1) is 0 Å². The molecule has 18 heavy (non-hydrogen) atoms. The van der Waals surface area contributed by atoms with E-state index < -0.39 is 0 Å². The van der Waals surface area contributed by atoms with Crippen LogP contribution in [-0.2, 0) is 0 Å². The van der Waals surface area contributed by atoms with Crippen LogP contribution in [0.2, 0.25) is 0 Å². The summed E-state index contributed by atoms with van der Waals surface area (Å²) in [5.41, 5.74) is 6.51. The molecule has 0 fully saturated rings. The zero-order chi connectivity index (χ0) is 12.9. The van der Waals surface area contributed by atoms with E-state index in [-0.39, 0.29) is 11.6 Å². The molecule has 0 spiro atoms. The largest absolute Gasteiger partial charge is 0.295 e. The number of rotatable bonds is 1. The van der Waals surface area contributed by atoms with Gasteiger partial charge in [-0.2, -0.15) is 0 Å². The van der Waals surface area contributed by atoms with E-state index in [4.69, 9.17) is 7.85 Å². The predicted octanol–water partition coefficient (Wildman–Crippen LogP) is 3.44. The van der Waals surface area contributed by atoms with Gasteiger partial charge in [0.05, 0.1) is 7.85 Å². The Balaban J connectivity index is 2.23. The lowest BCUT2D eigenvalue weighted by Gasteiger charge is -2.08. The topological polar surface area (TPSA) is 17.1 Å². The number of carbonyl (C=O) groups excluding carboxylic acids is 1. The molecule has 0 saturated carbocycles. The van der Waals surface area contributed by atoms with Crippen LogP contribution >= 0.6 is 0 Å². The first-order chi connectivity index (χ1) is 8.58. The molecule has 1 aliphatic rings. The maximum absolute atomic E-state index is 11.4. The SMILES string of the molecule is [B]C1c2cc(C)ccc2-c2ccc(C(C)=O)cc21. The van der Waals surface area contributed by atoms with Crippen molar-refractivity contribution in [1.29, 1.82) is 0 Å². The van der Waals surface area contributed by atoms with Crippen molar-refractivity contribution in [2.75, 3.05) is 0 Å². The highest BCUT2D eigenvalue weighted by Crippen LogP contribution is 2.43. The number of Topliss-reactive ketones (excluding diaryl/α,β-unsaturated/α-hetero) is 1. The van der Waals surface area contributed by atoms with Crippen molar-refractivity contribution in [3.05, 3.63) is 58.7 Å². The third-order valence-corrected chi connectivity index (χ3v) is 3.63. The summed E-state index contributed by atoms with van der Waals surface area (Å²) in [6, 6.07) is 12.2. The Morgan fingerprint density at radius 3 is 2.33 bits per heavy atom. The molecule has 0 aliphatic heterocycles. The Morgan fingerprint density at radius 2 is 1.67 bits per heavy atom. The highest BCUT2D eigenvalue weighted by Gasteiger charge is 2.25. The summed E-state index contributed by atoms with van der Waals surface area (Å²) < 4.78 is 0. The van der Waals surface area contributed by atoms with Crippen molar-refractivity contribution in [2.45, 2.75) is 19.7 Å². The van der Waals surface area contributed by atoms with Gasteiger partial charge in [-0.25, -0.2) is 0 Å². The van der Waals surface area contributed by atoms with Crippen LogP contribution in [0.25, 0.3) is 11.1 Å². The molecule has 86 valence electrons. The number of hydrogen-bond donors (Lipinski definition) is 0. The summed E-state index contributed by atoms with van der Waals surface area (Å²) >= 11 is 0. The normalized spacial score (nSPS) is 16.2. The van der Waals surface area contributed by atoms with Gasteiger partial charge < -0.3 is 0 Å². The second kappa shape index (κ2) is 3.84. The number of benzene rings is 2. The van der Waals surface area contributed by atoms with Crippen LogP contribution in [-0.4, -0.2) is 13.6 Å². The van der Waals surface area contributed by atoms with E-state index in [0.717, 1.165) is 22.3 Å². The van der Waals surface area contributed by atoms with E-state index in [0.29, 0.717) is 0 Å². The highest BCUT2D eigenvalue weighted by molar-refractivity contribution is 6.17. The lowest BCUT2D eigenvalue weighted by Crippen LogP contribution is -1.98. The van der Waals surface area contributed by atoms with Gasteiger partial charge in [-0.1, -0.05) is 35.9 Å². The fraction of sp³-hybridized carbons (Fsp3) is 0.188. The van der Waals surface area contributed by atoms with Crippen molar-refractivity contribution in [3.63, 3.8) is 0 Å². The average molecular weight is 232 g/mol. The van der Waals surface area contributed by atoms with E-state index in [1.54, 1.807) is 6.92 Å². The van der Waals surface area contributed by atoms with Crippen LogP contribution in [0.1, 0.15) is 39.8 Å². The molecular formula is C16H13BO. The number of aryl methyl sites for hydroxylation is 1. The molecule has 2 radical (unpaired) electrons. The number of carbonyl (C=O) groups is 1. The van der Waals surface area contributed by atoms with Gasteiger partial charge in [-0.3, -0.25) is 4.79 Å². The third-order valence-electron chi connectivity index (χ3n) is 3.63. The summed E-state index contributed by atoms with van der Waals surface area (Å²) in [5.74, 6) is -0.0358. The Kier molecular flexibility index (Phi) is 2.41. The highest BCUT2D eigenvalue weighted by atomic mass is 16.1. The fourth-order valence-electron chi connectivity index (χ4n) is 2.64. The van der Waals surface area contributed by atoms with Gasteiger partial charge in [0.2, 0.25) is 0 Å². The standard InChI is InChI=1S/C16H13BO/c1-9-3-5-12-13-6-4-11(10(2)18)8-15(13)16(17)14(12)7-9/h3-8,16H,1-2H3. The predicted molar refractivity (Wildman–Crippen MR) is 74.2 cm³/mol. The summed E-state index contributed by atoms with van der Waals surface area (Å²) in [5, 5.41) is 0. The molecule has 0 amide bonds. The van der Waals surface area contributed by atoms with Crippen molar-refractivity contribution in [2.24, 2.45) is 0 Å². The van der Waals surface area contributed by atoms with E-state index in [1.165, 1.54) is 11.1 Å². The van der Waals surface area contributed by atoms with E-state index in [1.807, 2.05) is 18.2 Å². The fourth-order valence-corrected chi connectivity index (χ4v) is 2.64. The molecule has 0 aromatic heterocycles. The summed E-state index contributed by atoms with van der Waals surface area (Å²) in [6.07, 6.45) is 0. The van der Waals surface area contributed by atoms with Crippen LogP contribution in [0.4, 0.5) is 0 Å². The van der Waals surface area contributed by atoms with Crippen LogP contribution < -0.4 is 0 Å². The maximum atomic E-state index is 11.4. The molecule has 0 bridgehead atoms. The summed E-state index contributed by atoms with van der Waals surface area (Å²) in [4.78, 5) is 11.4. The lowest BCUT2D eigenvalue weighted by molar-refractivity contribution is 0.101. The maximum Gasteiger partial charge on any atom is 0.159 e. The molecule has 0 N–H and O–H groups in total. The molecule has 3 rings (SSSR count). The number of ketones is 1. The molecule has 2 heteroatoms. The van der Waals surface area contributed by atoms with Gasteiger partial charge in [0.1, 0.15) is 0 Å². The first-order valence-electron chi connectivity index (χ1n) is 6.09. The molecule has 0 saturated heterocycles. The molecule has 2 aromatic rings. The van der Waals surface area contributed by atoms with Crippen molar-refractivity contribution < 1.29 is 4.79 Å². The van der Waals surface area contributed by atoms with Crippen LogP contribution in [0.3, 0.4) is 0 Å². The molecule has 2 aromatic carbocycles. The molecular weight excluding hydrogens is 219 g/mol. The summed E-state index contributed by atoms with van der Waals surface area (Å²) in [6.45, 7) is 3.65. The van der Waals surface area contributed by atoms with Crippen molar-refractivity contribution >= 4 is 13.6 Å². The van der Waals surface area contributed by atoms with Gasteiger partial charge in [0.15, 0.2) is 5.78 Å². The van der Waals surface area contributed by atoms with Gasteiger partial charge >= 0.3 is 0 Å². The minimum absolute atomic E-state index is 0.0807. The Morgan fingerprint density at radius 1 is 1.06 bits per heavy atom. The van der Waals surface area contributed by atoms with E-state index in [2.05, 4.69) is 25.1 Å². The minimum Gasteiger partial charge on any atom is -0.295 e. The van der Waals surface area contributed by atoms with Crippen LogP contribution in [0, 0.1) is 6.92 Å². The van der Waals surface area contributed by atoms with Crippen LogP contribution in [0.15, 0.2) is 36.4 Å². The lowest BCUT2D eigenvalue weighted by atomic mass is 9.78. The first-order valence-corrected chi connectivity index (χ1v) is 6.09. The second-order valence-electron chi connectivity index (χ2n) is 4.93. The first kappa shape index (κ1) is 11.3. The Bertz CT molecular complexity index is 658. The Labute approximate surface area is 108 Å². The molecule has 1 atom stereocenters. The quantitative estimate of drug-likeness (QED) is 0.543. The van der Waals surface area contributed by atoms with E-state index in [9.17, 15) is 4.79 Å². The van der Waals surface area contributed by atoms with Crippen molar-refractivity contribution in [3.8, 4) is 11.1 Å². The summed E-state index contributed by atoms with van der Waals surface area (Å²) in [7, 11) is 6.28. The van der Waals surface area contributed by atoms with Gasteiger partial charge in [0.25, 0.3) is 0 Å². The molecule has 1 unspecified atom stereocenters. The van der Waals surface area contributed by atoms with Crippen molar-refractivity contribution in [1.82, 2.24) is 0 Å². The molecule has 1 nitrogen and oxygen atoms in total. The average Bonchev–Trinajstić information content (AvgIpc) is 2.62. The number of fused-ring (bicyclic) bond motifs is 3. The zero-order valence-electron chi connectivity index (χ0n) is 10.5.